The largest absolute Gasteiger partial charge is 0.480 e. The van der Waals surface area contributed by atoms with Crippen molar-refractivity contribution in [3.63, 3.8) is 0 Å². The summed E-state index contributed by atoms with van der Waals surface area (Å²) in [6.07, 6.45) is 1.60. The smallest absolute Gasteiger partial charge is 0.326 e. The van der Waals surface area contributed by atoms with Crippen LogP contribution in [0.1, 0.15) is 27.4 Å². The molecule has 1 aromatic heterocycles. The van der Waals surface area contributed by atoms with Crippen molar-refractivity contribution in [2.45, 2.75) is 25.8 Å². The van der Waals surface area contributed by atoms with Crippen molar-refractivity contribution < 1.29 is 19.4 Å². The molecule has 0 saturated carbocycles. The van der Waals surface area contributed by atoms with Crippen LogP contribution in [0.4, 0.5) is 0 Å². The van der Waals surface area contributed by atoms with Crippen molar-refractivity contribution in [2.75, 3.05) is 13.2 Å². The number of carboxylic acid groups (broad SMARTS) is 1. The average Bonchev–Trinajstić information content (AvgIpc) is 2.83. The highest BCUT2D eigenvalue weighted by atomic mass is 32.1. The minimum Gasteiger partial charge on any atom is -0.480 e. The summed E-state index contributed by atoms with van der Waals surface area (Å²) in [6, 6.07) is 2.68. The zero-order chi connectivity index (χ0) is 13.8. The van der Waals surface area contributed by atoms with E-state index in [1.807, 2.05) is 13.0 Å². The zero-order valence-corrected chi connectivity index (χ0v) is 11.5. The standard InChI is InChI=1S/C13H17NO4S/c1-8-4-5-10(19-8)12(15)14-11(13(16)17)9-3-2-6-18-7-9/h4-5,9,11H,2-3,6-7H2,1H3,(H,14,15)(H,16,17). The molecule has 0 bridgehead atoms. The molecule has 1 aromatic rings. The molecule has 2 heterocycles. The molecule has 1 amide bonds. The highest BCUT2D eigenvalue weighted by molar-refractivity contribution is 7.13. The minimum atomic E-state index is -1.00. The predicted octanol–water partition coefficient (Wildman–Crippen LogP) is 1.67. The van der Waals surface area contributed by atoms with Crippen LogP contribution in [0.5, 0.6) is 0 Å². The molecule has 1 saturated heterocycles. The van der Waals surface area contributed by atoms with E-state index < -0.39 is 12.0 Å². The van der Waals surface area contributed by atoms with Gasteiger partial charge < -0.3 is 15.2 Å². The number of aryl methyl sites for hydroxylation is 1. The topological polar surface area (TPSA) is 75.6 Å². The molecule has 1 aliphatic rings. The highest BCUT2D eigenvalue weighted by Crippen LogP contribution is 2.20. The number of hydrogen-bond acceptors (Lipinski definition) is 4. The van der Waals surface area contributed by atoms with E-state index >= 15 is 0 Å². The van der Waals surface area contributed by atoms with Gasteiger partial charge in [0.25, 0.3) is 5.91 Å². The van der Waals surface area contributed by atoms with Crippen LogP contribution in [0, 0.1) is 12.8 Å². The molecule has 0 spiro atoms. The normalized spacial score (nSPS) is 20.8. The Balaban J connectivity index is 2.04. The van der Waals surface area contributed by atoms with Gasteiger partial charge in [-0.25, -0.2) is 4.79 Å². The molecule has 2 unspecified atom stereocenters. The van der Waals surface area contributed by atoms with Gasteiger partial charge in [-0.1, -0.05) is 0 Å². The van der Waals surface area contributed by atoms with Gasteiger partial charge in [0.2, 0.25) is 0 Å². The van der Waals surface area contributed by atoms with Crippen molar-refractivity contribution >= 4 is 23.2 Å². The molecule has 2 rings (SSSR count). The third-order valence-corrected chi connectivity index (χ3v) is 4.18. The number of carboxylic acids is 1. The first-order valence-electron chi connectivity index (χ1n) is 6.26. The van der Waals surface area contributed by atoms with Gasteiger partial charge in [0, 0.05) is 17.4 Å². The van der Waals surface area contributed by atoms with Gasteiger partial charge in [0.05, 0.1) is 11.5 Å². The van der Waals surface area contributed by atoms with Crippen LogP contribution >= 0.6 is 11.3 Å². The number of ether oxygens (including phenoxy) is 1. The van der Waals surface area contributed by atoms with Gasteiger partial charge in [0.1, 0.15) is 6.04 Å². The lowest BCUT2D eigenvalue weighted by molar-refractivity contribution is -0.142. The summed E-state index contributed by atoms with van der Waals surface area (Å²) < 4.78 is 5.29. The average molecular weight is 283 g/mol. The Kier molecular flexibility index (Phi) is 4.55. The molecular weight excluding hydrogens is 266 g/mol. The summed E-state index contributed by atoms with van der Waals surface area (Å²) in [5.74, 6) is -1.48. The molecule has 0 radical (unpaired) electrons. The van der Waals surface area contributed by atoms with E-state index in [-0.39, 0.29) is 11.8 Å². The maximum Gasteiger partial charge on any atom is 0.326 e. The van der Waals surface area contributed by atoms with E-state index in [0.29, 0.717) is 18.1 Å². The maximum absolute atomic E-state index is 12.0. The van der Waals surface area contributed by atoms with E-state index in [4.69, 9.17) is 4.74 Å². The van der Waals surface area contributed by atoms with Crippen molar-refractivity contribution in [3.8, 4) is 0 Å². The fraction of sp³-hybridized carbons (Fsp3) is 0.538. The SMILES string of the molecule is Cc1ccc(C(=O)NC(C(=O)O)C2CCCOC2)s1. The number of rotatable bonds is 4. The van der Waals surface area contributed by atoms with Crippen molar-refractivity contribution in [1.82, 2.24) is 5.32 Å². The molecule has 2 atom stereocenters. The van der Waals surface area contributed by atoms with Gasteiger partial charge in [-0.15, -0.1) is 11.3 Å². The fourth-order valence-electron chi connectivity index (χ4n) is 2.18. The van der Waals surface area contributed by atoms with Crippen LogP contribution in [0.2, 0.25) is 0 Å². The maximum atomic E-state index is 12.0. The Morgan fingerprint density at radius 3 is 2.84 bits per heavy atom. The van der Waals surface area contributed by atoms with E-state index in [9.17, 15) is 14.7 Å². The summed E-state index contributed by atoms with van der Waals surface area (Å²) in [6.45, 7) is 2.97. The number of amides is 1. The van der Waals surface area contributed by atoms with Crippen LogP contribution in [0.3, 0.4) is 0 Å². The van der Waals surface area contributed by atoms with E-state index in [2.05, 4.69) is 5.32 Å². The summed E-state index contributed by atoms with van der Waals surface area (Å²) in [5.41, 5.74) is 0. The number of carbonyl (C=O) groups excluding carboxylic acids is 1. The first-order valence-corrected chi connectivity index (χ1v) is 7.07. The third kappa shape index (κ3) is 3.54. The van der Waals surface area contributed by atoms with Crippen molar-refractivity contribution in [1.29, 1.82) is 0 Å². The van der Waals surface area contributed by atoms with Gasteiger partial charge in [-0.2, -0.15) is 0 Å². The molecule has 1 fully saturated rings. The number of carbonyl (C=O) groups is 2. The van der Waals surface area contributed by atoms with Gasteiger partial charge in [0.15, 0.2) is 0 Å². The van der Waals surface area contributed by atoms with Crippen molar-refractivity contribution in [3.05, 3.63) is 21.9 Å². The quantitative estimate of drug-likeness (QED) is 0.881. The number of nitrogens with one attached hydrogen (secondary N) is 1. The van der Waals surface area contributed by atoms with E-state index in [1.54, 1.807) is 6.07 Å². The highest BCUT2D eigenvalue weighted by Gasteiger charge is 2.31. The Morgan fingerprint density at radius 2 is 2.32 bits per heavy atom. The molecular formula is C13H17NO4S. The molecule has 0 aliphatic carbocycles. The fourth-order valence-corrected chi connectivity index (χ4v) is 2.95. The summed E-state index contributed by atoms with van der Waals surface area (Å²) >= 11 is 1.36. The zero-order valence-electron chi connectivity index (χ0n) is 10.7. The van der Waals surface area contributed by atoms with Gasteiger partial charge in [-0.3, -0.25) is 4.79 Å². The monoisotopic (exact) mass is 283 g/mol. The van der Waals surface area contributed by atoms with Crippen LogP contribution < -0.4 is 5.32 Å². The first-order chi connectivity index (χ1) is 9.08. The third-order valence-electron chi connectivity index (χ3n) is 3.18. The van der Waals surface area contributed by atoms with Gasteiger partial charge >= 0.3 is 5.97 Å². The lowest BCUT2D eigenvalue weighted by Gasteiger charge is -2.27. The molecule has 2 N–H and O–H groups in total. The Morgan fingerprint density at radius 1 is 1.53 bits per heavy atom. The van der Waals surface area contributed by atoms with Crippen LogP contribution in [0.25, 0.3) is 0 Å². The summed E-state index contributed by atoms with van der Waals surface area (Å²) in [5, 5.41) is 11.9. The van der Waals surface area contributed by atoms with Crippen LogP contribution in [-0.4, -0.2) is 36.2 Å². The molecule has 6 heteroatoms. The van der Waals surface area contributed by atoms with Crippen molar-refractivity contribution in [2.24, 2.45) is 5.92 Å². The second kappa shape index (κ2) is 6.16. The number of hydrogen-bond donors (Lipinski definition) is 2. The summed E-state index contributed by atoms with van der Waals surface area (Å²) in [4.78, 5) is 24.9. The Labute approximate surface area is 115 Å². The lowest BCUT2D eigenvalue weighted by atomic mass is 9.93. The predicted molar refractivity (Wildman–Crippen MR) is 71.5 cm³/mol. The minimum absolute atomic E-state index is 0.156. The first kappa shape index (κ1) is 14.0. The number of thiophene rings is 1. The molecule has 0 aromatic carbocycles. The van der Waals surface area contributed by atoms with E-state index in [1.165, 1.54) is 11.3 Å². The van der Waals surface area contributed by atoms with Crippen LogP contribution in [-0.2, 0) is 9.53 Å². The molecule has 19 heavy (non-hydrogen) atoms. The molecule has 104 valence electrons. The van der Waals surface area contributed by atoms with Gasteiger partial charge in [-0.05, 0) is 31.9 Å². The number of aliphatic carboxylic acids is 1. The van der Waals surface area contributed by atoms with E-state index in [0.717, 1.165) is 17.7 Å². The summed E-state index contributed by atoms with van der Waals surface area (Å²) in [7, 11) is 0. The molecule has 5 nitrogen and oxygen atoms in total. The second-order valence-corrected chi connectivity index (χ2v) is 5.96. The lowest BCUT2D eigenvalue weighted by Crippen LogP contribution is -2.48. The second-order valence-electron chi connectivity index (χ2n) is 4.68. The Bertz CT molecular complexity index is 465. The Hall–Kier alpha value is -1.40. The van der Waals surface area contributed by atoms with Crippen LogP contribution in [0.15, 0.2) is 12.1 Å². The molecule has 1 aliphatic heterocycles.